The Bertz CT molecular complexity index is 584. The molecule has 0 amide bonds. The third-order valence-electron chi connectivity index (χ3n) is 3.50. The fourth-order valence-corrected chi connectivity index (χ4v) is 2.71. The van der Waals surface area contributed by atoms with Gasteiger partial charge in [-0.05, 0) is 18.6 Å². The first kappa shape index (κ1) is 13.5. The zero-order valence-electron chi connectivity index (χ0n) is 11.5. The van der Waals surface area contributed by atoms with Gasteiger partial charge in [0.15, 0.2) is 0 Å². The van der Waals surface area contributed by atoms with Crippen molar-refractivity contribution in [2.75, 3.05) is 13.1 Å². The van der Waals surface area contributed by atoms with Crippen LogP contribution in [0.25, 0.3) is 0 Å². The first-order chi connectivity index (χ1) is 9.70. The monoisotopic (exact) mass is 291 g/mol. The smallest absolute Gasteiger partial charge is 0.138 e. The summed E-state index contributed by atoms with van der Waals surface area (Å²) < 4.78 is 7.96. The molecular weight excluding hydrogens is 274 g/mol. The second-order valence-electron chi connectivity index (χ2n) is 5.22. The maximum absolute atomic E-state index is 6.12. The molecule has 1 aliphatic rings. The molecule has 5 heteroatoms. The quantitative estimate of drug-likeness (QED) is 0.868. The van der Waals surface area contributed by atoms with Crippen molar-refractivity contribution in [2.24, 2.45) is 7.05 Å². The Balaban J connectivity index is 1.56. The molecule has 0 bridgehead atoms. The summed E-state index contributed by atoms with van der Waals surface area (Å²) in [6.07, 6.45) is 5.13. The predicted octanol–water partition coefficient (Wildman–Crippen LogP) is 2.73. The highest BCUT2D eigenvalue weighted by Crippen LogP contribution is 2.26. The summed E-state index contributed by atoms with van der Waals surface area (Å²) in [4.78, 5) is 6.73. The molecule has 1 unspecified atom stereocenters. The maximum atomic E-state index is 6.12. The fourth-order valence-electron chi connectivity index (χ4n) is 2.53. The highest BCUT2D eigenvalue weighted by atomic mass is 35.5. The second kappa shape index (κ2) is 5.85. The van der Waals surface area contributed by atoms with E-state index in [4.69, 9.17) is 16.3 Å². The molecule has 1 atom stereocenters. The van der Waals surface area contributed by atoms with Gasteiger partial charge in [-0.1, -0.05) is 23.7 Å². The summed E-state index contributed by atoms with van der Waals surface area (Å²) >= 11 is 6.12. The average molecular weight is 292 g/mol. The number of imidazole rings is 1. The average Bonchev–Trinajstić information content (AvgIpc) is 3.02. The Morgan fingerprint density at radius 1 is 1.40 bits per heavy atom. The summed E-state index contributed by atoms with van der Waals surface area (Å²) in [6.45, 7) is 2.83. The van der Waals surface area contributed by atoms with E-state index in [0.29, 0.717) is 5.02 Å². The van der Waals surface area contributed by atoms with Crippen LogP contribution >= 0.6 is 11.6 Å². The topological polar surface area (TPSA) is 30.3 Å². The van der Waals surface area contributed by atoms with E-state index in [1.807, 2.05) is 42.2 Å². The minimum Gasteiger partial charge on any atom is -0.487 e. The van der Waals surface area contributed by atoms with Gasteiger partial charge >= 0.3 is 0 Å². The van der Waals surface area contributed by atoms with Gasteiger partial charge in [-0.15, -0.1) is 0 Å². The van der Waals surface area contributed by atoms with Crippen molar-refractivity contribution in [3.05, 3.63) is 47.5 Å². The molecule has 0 N–H and O–H groups in total. The van der Waals surface area contributed by atoms with E-state index in [1.54, 1.807) is 0 Å². The zero-order valence-corrected chi connectivity index (χ0v) is 12.3. The van der Waals surface area contributed by atoms with Gasteiger partial charge in [0.25, 0.3) is 0 Å². The van der Waals surface area contributed by atoms with Crippen molar-refractivity contribution in [1.82, 2.24) is 14.5 Å². The molecule has 0 saturated carbocycles. The van der Waals surface area contributed by atoms with Crippen LogP contribution in [0.15, 0.2) is 36.8 Å². The van der Waals surface area contributed by atoms with Crippen LogP contribution in [-0.4, -0.2) is 33.6 Å². The minimum absolute atomic E-state index is 0.207. The van der Waals surface area contributed by atoms with E-state index in [2.05, 4.69) is 16.1 Å². The summed E-state index contributed by atoms with van der Waals surface area (Å²) in [6, 6.07) is 7.64. The molecule has 3 rings (SSSR count). The Kier molecular flexibility index (Phi) is 3.94. The molecule has 1 saturated heterocycles. The summed E-state index contributed by atoms with van der Waals surface area (Å²) in [5, 5.41) is 0.677. The number of nitrogens with zero attached hydrogens (tertiary/aromatic N) is 3. The third-order valence-corrected chi connectivity index (χ3v) is 3.82. The van der Waals surface area contributed by atoms with Crippen LogP contribution in [0.2, 0.25) is 5.02 Å². The van der Waals surface area contributed by atoms with E-state index >= 15 is 0 Å². The largest absolute Gasteiger partial charge is 0.487 e. The third kappa shape index (κ3) is 3.14. The number of benzene rings is 1. The van der Waals surface area contributed by atoms with Crippen LogP contribution in [0.4, 0.5) is 0 Å². The minimum atomic E-state index is 0.207. The first-order valence-electron chi connectivity index (χ1n) is 6.81. The fraction of sp³-hybridized carbons (Fsp3) is 0.400. The van der Waals surface area contributed by atoms with E-state index < -0.39 is 0 Å². The Morgan fingerprint density at radius 3 is 3.00 bits per heavy atom. The van der Waals surface area contributed by atoms with Gasteiger partial charge in [0.05, 0.1) is 17.0 Å². The Hall–Kier alpha value is -1.52. The van der Waals surface area contributed by atoms with Crippen LogP contribution in [-0.2, 0) is 13.6 Å². The van der Waals surface area contributed by atoms with Gasteiger partial charge in [-0.3, -0.25) is 4.90 Å². The Labute approximate surface area is 123 Å². The molecule has 0 spiro atoms. The molecular formula is C15H18ClN3O. The van der Waals surface area contributed by atoms with Gasteiger partial charge in [-0.2, -0.15) is 0 Å². The molecule has 4 nitrogen and oxygen atoms in total. The lowest BCUT2D eigenvalue weighted by Gasteiger charge is -2.16. The number of rotatable bonds is 4. The number of ether oxygens (including phenoxy) is 1. The van der Waals surface area contributed by atoms with E-state index in [1.165, 1.54) is 0 Å². The zero-order chi connectivity index (χ0) is 13.9. The van der Waals surface area contributed by atoms with Gasteiger partial charge in [0.1, 0.15) is 11.9 Å². The number of likely N-dealkylation sites (tertiary alicyclic amines) is 1. The maximum Gasteiger partial charge on any atom is 0.138 e. The lowest BCUT2D eigenvalue weighted by molar-refractivity contribution is 0.198. The molecule has 1 fully saturated rings. The lowest BCUT2D eigenvalue weighted by Crippen LogP contribution is -2.24. The van der Waals surface area contributed by atoms with E-state index in [0.717, 1.165) is 37.5 Å². The molecule has 1 aromatic heterocycles. The molecule has 2 aromatic rings. The number of hydrogen-bond donors (Lipinski definition) is 0. The summed E-state index contributed by atoms with van der Waals surface area (Å²) in [7, 11) is 1.99. The van der Waals surface area contributed by atoms with Crippen molar-refractivity contribution in [3.8, 4) is 5.75 Å². The normalized spacial score (nSPS) is 19.4. The van der Waals surface area contributed by atoms with E-state index in [9.17, 15) is 0 Å². The second-order valence-corrected chi connectivity index (χ2v) is 5.63. The van der Waals surface area contributed by atoms with Gasteiger partial charge in [0, 0.05) is 32.9 Å². The van der Waals surface area contributed by atoms with Crippen LogP contribution in [0.5, 0.6) is 5.75 Å². The van der Waals surface area contributed by atoms with Crippen LogP contribution < -0.4 is 4.74 Å². The first-order valence-corrected chi connectivity index (χ1v) is 7.19. The SMILES string of the molecule is Cn1cnc(CN2CCC(Oc3ccccc3Cl)C2)c1. The number of para-hydroxylation sites is 1. The predicted molar refractivity (Wildman–Crippen MR) is 79.0 cm³/mol. The van der Waals surface area contributed by atoms with Crippen LogP contribution in [0.1, 0.15) is 12.1 Å². The van der Waals surface area contributed by atoms with E-state index in [-0.39, 0.29) is 6.10 Å². The summed E-state index contributed by atoms with van der Waals surface area (Å²) in [5.74, 6) is 0.777. The highest BCUT2D eigenvalue weighted by molar-refractivity contribution is 6.32. The molecule has 2 heterocycles. The van der Waals surface area contributed by atoms with Crippen molar-refractivity contribution in [3.63, 3.8) is 0 Å². The van der Waals surface area contributed by atoms with Crippen molar-refractivity contribution >= 4 is 11.6 Å². The van der Waals surface area contributed by atoms with Gasteiger partial charge in [-0.25, -0.2) is 4.98 Å². The highest BCUT2D eigenvalue weighted by Gasteiger charge is 2.24. The molecule has 0 aliphatic carbocycles. The molecule has 1 aromatic carbocycles. The van der Waals surface area contributed by atoms with Crippen LogP contribution in [0, 0.1) is 0 Å². The Morgan fingerprint density at radius 2 is 2.25 bits per heavy atom. The number of aromatic nitrogens is 2. The molecule has 0 radical (unpaired) electrons. The van der Waals surface area contributed by atoms with Gasteiger partial charge < -0.3 is 9.30 Å². The van der Waals surface area contributed by atoms with Gasteiger partial charge in [0.2, 0.25) is 0 Å². The standard InChI is InChI=1S/C15H18ClN3O/c1-18-8-12(17-11-18)9-19-7-6-13(10-19)20-15-5-3-2-4-14(15)16/h2-5,8,11,13H,6-7,9-10H2,1H3. The van der Waals surface area contributed by atoms with Crippen molar-refractivity contribution in [2.45, 2.75) is 19.1 Å². The molecule has 20 heavy (non-hydrogen) atoms. The van der Waals surface area contributed by atoms with Crippen molar-refractivity contribution < 1.29 is 4.74 Å². The van der Waals surface area contributed by atoms with Crippen LogP contribution in [0.3, 0.4) is 0 Å². The molecule has 1 aliphatic heterocycles. The number of halogens is 1. The number of hydrogen-bond acceptors (Lipinski definition) is 3. The van der Waals surface area contributed by atoms with Crippen molar-refractivity contribution in [1.29, 1.82) is 0 Å². The lowest BCUT2D eigenvalue weighted by atomic mass is 10.3. The number of aryl methyl sites for hydroxylation is 1. The molecule has 106 valence electrons. The summed E-state index contributed by atoms with van der Waals surface area (Å²) in [5.41, 5.74) is 1.10.